The number of thiophene rings is 1. The lowest BCUT2D eigenvalue weighted by molar-refractivity contribution is 0.101. The van der Waals surface area contributed by atoms with Gasteiger partial charge in [-0.2, -0.15) is 11.3 Å². The lowest BCUT2D eigenvalue weighted by Gasteiger charge is -2.39. The minimum atomic E-state index is 0.264. The van der Waals surface area contributed by atoms with Crippen molar-refractivity contribution in [3.05, 3.63) is 22.4 Å². The van der Waals surface area contributed by atoms with Gasteiger partial charge in [-0.15, -0.1) is 0 Å². The van der Waals surface area contributed by atoms with Crippen molar-refractivity contribution in [1.29, 1.82) is 0 Å². The first kappa shape index (κ1) is 13.0. The molecule has 0 bridgehead atoms. The molecular weight excluding hydrogens is 232 g/mol. The summed E-state index contributed by atoms with van der Waals surface area (Å²) in [5, 5.41) is 4.29. The molecule has 0 aromatic carbocycles. The number of rotatable bonds is 4. The third kappa shape index (κ3) is 3.26. The monoisotopic (exact) mass is 254 g/mol. The van der Waals surface area contributed by atoms with Crippen LogP contribution in [0.2, 0.25) is 0 Å². The van der Waals surface area contributed by atoms with Gasteiger partial charge in [0.1, 0.15) is 0 Å². The van der Waals surface area contributed by atoms with Crippen LogP contribution in [0.1, 0.15) is 18.0 Å². The fraction of sp³-hybridized carbons (Fsp3) is 0.667. The quantitative estimate of drug-likeness (QED) is 0.619. The molecule has 2 unspecified atom stereocenters. The molecule has 0 radical (unpaired) electrons. The highest BCUT2D eigenvalue weighted by Crippen LogP contribution is 2.23. The summed E-state index contributed by atoms with van der Waals surface area (Å²) < 4.78 is 0. The summed E-state index contributed by atoms with van der Waals surface area (Å²) in [5.41, 5.74) is 4.25. The minimum Gasteiger partial charge on any atom is -0.304 e. The molecule has 0 saturated carbocycles. The first-order valence-corrected chi connectivity index (χ1v) is 7.02. The molecule has 0 aliphatic carbocycles. The number of hydrazine groups is 1. The molecule has 1 aromatic heterocycles. The van der Waals surface area contributed by atoms with Crippen LogP contribution in [0.25, 0.3) is 0 Å². The smallest absolute Gasteiger partial charge is 0.0483 e. The number of piperazine rings is 1. The van der Waals surface area contributed by atoms with E-state index in [0.29, 0.717) is 6.04 Å². The molecule has 2 rings (SSSR count). The molecular formula is C12H22N4S. The molecule has 1 aromatic rings. The Balaban J connectivity index is 1.98. The molecule has 5 heteroatoms. The summed E-state index contributed by atoms with van der Waals surface area (Å²) in [6.07, 6.45) is 1.06. The van der Waals surface area contributed by atoms with Crippen LogP contribution < -0.4 is 11.3 Å². The topological polar surface area (TPSA) is 44.5 Å². The number of hydrogen-bond acceptors (Lipinski definition) is 5. The highest BCUT2D eigenvalue weighted by Gasteiger charge is 2.25. The largest absolute Gasteiger partial charge is 0.304 e. The van der Waals surface area contributed by atoms with Crippen molar-refractivity contribution in [3.8, 4) is 0 Å². The van der Waals surface area contributed by atoms with Crippen molar-refractivity contribution >= 4 is 11.3 Å². The molecule has 1 fully saturated rings. The molecule has 17 heavy (non-hydrogen) atoms. The predicted octanol–water partition coefficient (Wildman–Crippen LogP) is 0.888. The zero-order chi connectivity index (χ0) is 12.3. The van der Waals surface area contributed by atoms with E-state index < -0.39 is 0 Å². The second kappa shape index (κ2) is 5.93. The van der Waals surface area contributed by atoms with Gasteiger partial charge in [-0.25, -0.2) is 0 Å². The van der Waals surface area contributed by atoms with E-state index in [9.17, 15) is 0 Å². The van der Waals surface area contributed by atoms with Crippen LogP contribution >= 0.6 is 11.3 Å². The molecule has 3 N–H and O–H groups in total. The van der Waals surface area contributed by atoms with Crippen molar-refractivity contribution in [2.75, 3.05) is 33.7 Å². The van der Waals surface area contributed by atoms with Gasteiger partial charge in [-0.3, -0.25) is 11.3 Å². The Kier molecular flexibility index (Phi) is 4.53. The number of nitrogens with zero attached hydrogens (tertiary/aromatic N) is 2. The molecule has 2 atom stereocenters. The maximum Gasteiger partial charge on any atom is 0.0483 e. The Hall–Kier alpha value is -0.460. The fourth-order valence-electron chi connectivity index (χ4n) is 2.40. The van der Waals surface area contributed by atoms with Crippen LogP contribution in [0.4, 0.5) is 0 Å². The third-order valence-corrected chi connectivity index (χ3v) is 4.34. The Morgan fingerprint density at radius 3 is 3.00 bits per heavy atom. The minimum absolute atomic E-state index is 0.264. The van der Waals surface area contributed by atoms with Gasteiger partial charge in [0, 0.05) is 31.7 Å². The Morgan fingerprint density at radius 1 is 1.53 bits per heavy atom. The summed E-state index contributed by atoms with van der Waals surface area (Å²) in [7, 11) is 4.40. The first-order chi connectivity index (χ1) is 8.20. The lowest BCUT2D eigenvalue weighted by Crippen LogP contribution is -2.51. The van der Waals surface area contributed by atoms with Gasteiger partial charge in [0.05, 0.1) is 0 Å². The second-order valence-corrected chi connectivity index (χ2v) is 5.69. The van der Waals surface area contributed by atoms with Gasteiger partial charge in [-0.05, 0) is 42.9 Å². The molecule has 0 amide bonds. The van der Waals surface area contributed by atoms with Gasteiger partial charge < -0.3 is 9.80 Å². The fourth-order valence-corrected chi connectivity index (χ4v) is 3.12. The maximum atomic E-state index is 5.68. The van der Waals surface area contributed by atoms with Crippen LogP contribution in [0.5, 0.6) is 0 Å². The molecule has 2 heterocycles. The second-order valence-electron chi connectivity index (χ2n) is 4.91. The van der Waals surface area contributed by atoms with Crippen molar-refractivity contribution in [2.24, 2.45) is 5.84 Å². The van der Waals surface area contributed by atoms with E-state index in [-0.39, 0.29) is 6.04 Å². The summed E-state index contributed by atoms with van der Waals surface area (Å²) in [6.45, 7) is 3.42. The van der Waals surface area contributed by atoms with Crippen LogP contribution in [-0.2, 0) is 0 Å². The van der Waals surface area contributed by atoms with E-state index >= 15 is 0 Å². The van der Waals surface area contributed by atoms with Gasteiger partial charge >= 0.3 is 0 Å². The average molecular weight is 254 g/mol. The number of hydrogen-bond donors (Lipinski definition) is 2. The van der Waals surface area contributed by atoms with Gasteiger partial charge in [0.2, 0.25) is 0 Å². The molecule has 0 spiro atoms. The average Bonchev–Trinajstić information content (AvgIpc) is 2.84. The predicted molar refractivity (Wildman–Crippen MR) is 72.9 cm³/mol. The zero-order valence-corrected chi connectivity index (χ0v) is 11.4. The zero-order valence-electron chi connectivity index (χ0n) is 10.6. The third-order valence-electron chi connectivity index (χ3n) is 3.63. The summed E-state index contributed by atoms with van der Waals surface area (Å²) >= 11 is 1.73. The van der Waals surface area contributed by atoms with Crippen molar-refractivity contribution < 1.29 is 0 Å². The van der Waals surface area contributed by atoms with Crippen molar-refractivity contribution in [1.82, 2.24) is 15.2 Å². The molecule has 1 aliphatic rings. The molecule has 1 aliphatic heterocycles. The van der Waals surface area contributed by atoms with Crippen LogP contribution in [-0.4, -0.2) is 49.6 Å². The Morgan fingerprint density at radius 2 is 2.35 bits per heavy atom. The van der Waals surface area contributed by atoms with Gasteiger partial charge in [-0.1, -0.05) is 0 Å². The summed E-state index contributed by atoms with van der Waals surface area (Å²) in [4.78, 5) is 4.84. The molecule has 96 valence electrons. The van der Waals surface area contributed by atoms with E-state index in [1.807, 2.05) is 0 Å². The lowest BCUT2D eigenvalue weighted by atomic mass is 10.00. The Bertz CT molecular complexity index is 327. The van der Waals surface area contributed by atoms with E-state index in [1.165, 1.54) is 5.56 Å². The standard InChI is InChI=1S/C12H22N4S/c1-15-4-5-16(2)11(8-15)7-12(14-13)10-3-6-17-9-10/h3,6,9,11-12,14H,4-5,7-8,13H2,1-2H3. The van der Waals surface area contributed by atoms with Gasteiger partial charge in [0.15, 0.2) is 0 Å². The first-order valence-electron chi connectivity index (χ1n) is 6.07. The summed E-state index contributed by atoms with van der Waals surface area (Å²) in [6, 6.07) is 3.00. The Labute approximate surface area is 107 Å². The van der Waals surface area contributed by atoms with E-state index in [0.717, 1.165) is 26.1 Å². The van der Waals surface area contributed by atoms with Crippen LogP contribution in [0.15, 0.2) is 16.8 Å². The SMILES string of the molecule is CN1CCN(C)C(CC(NN)c2ccsc2)C1. The van der Waals surface area contributed by atoms with Crippen molar-refractivity contribution in [2.45, 2.75) is 18.5 Å². The van der Waals surface area contributed by atoms with E-state index in [2.05, 4.69) is 46.1 Å². The normalized spacial score (nSPS) is 25.0. The summed E-state index contributed by atoms with van der Waals surface area (Å²) in [5.74, 6) is 5.68. The highest BCUT2D eigenvalue weighted by atomic mass is 32.1. The van der Waals surface area contributed by atoms with E-state index in [4.69, 9.17) is 5.84 Å². The highest BCUT2D eigenvalue weighted by molar-refractivity contribution is 7.07. The molecule has 4 nitrogen and oxygen atoms in total. The van der Waals surface area contributed by atoms with Crippen molar-refractivity contribution in [3.63, 3.8) is 0 Å². The number of nitrogens with two attached hydrogens (primary N) is 1. The molecule has 1 saturated heterocycles. The van der Waals surface area contributed by atoms with Crippen LogP contribution in [0, 0.1) is 0 Å². The number of nitrogens with one attached hydrogen (secondary N) is 1. The van der Waals surface area contributed by atoms with Gasteiger partial charge in [0.25, 0.3) is 0 Å². The number of likely N-dealkylation sites (N-methyl/N-ethyl adjacent to an activating group) is 2. The van der Waals surface area contributed by atoms with Crippen LogP contribution in [0.3, 0.4) is 0 Å². The van der Waals surface area contributed by atoms with E-state index in [1.54, 1.807) is 11.3 Å². The maximum absolute atomic E-state index is 5.68.